The fourth-order valence-electron chi connectivity index (χ4n) is 3.95. The summed E-state index contributed by atoms with van der Waals surface area (Å²) in [7, 11) is 0. The maximum Gasteiger partial charge on any atom is 0.293 e. The van der Waals surface area contributed by atoms with Gasteiger partial charge in [0.2, 0.25) is 0 Å². The SMILES string of the molecule is C[C@@H]1CO[C@@H](c2ccccc2)[C@@H](C)N1C(=O)c1ccc(NC2CC2)c([N+](=O)[O-])c1. The molecule has 7 nitrogen and oxygen atoms in total. The number of hydrogen-bond acceptors (Lipinski definition) is 5. The van der Waals surface area contributed by atoms with Gasteiger partial charge in [-0.3, -0.25) is 14.9 Å². The van der Waals surface area contributed by atoms with Crippen LogP contribution in [0.5, 0.6) is 0 Å². The fourth-order valence-corrected chi connectivity index (χ4v) is 3.95. The van der Waals surface area contributed by atoms with Crippen molar-refractivity contribution < 1.29 is 14.5 Å². The summed E-state index contributed by atoms with van der Waals surface area (Å²) in [5, 5.41) is 14.7. The Morgan fingerprint density at radius 1 is 1.17 bits per heavy atom. The largest absolute Gasteiger partial charge is 0.377 e. The van der Waals surface area contributed by atoms with Crippen LogP contribution in [-0.4, -0.2) is 40.5 Å². The molecular formula is C22H25N3O4. The lowest BCUT2D eigenvalue weighted by Crippen LogP contribution is -2.53. The van der Waals surface area contributed by atoms with Gasteiger partial charge in [0.15, 0.2) is 0 Å². The molecule has 0 bridgehead atoms. The fraction of sp³-hybridized carbons (Fsp3) is 0.409. The van der Waals surface area contributed by atoms with E-state index in [4.69, 9.17) is 4.74 Å². The molecule has 0 aromatic heterocycles. The second-order valence-corrected chi connectivity index (χ2v) is 7.87. The third kappa shape index (κ3) is 3.96. The van der Waals surface area contributed by atoms with E-state index in [2.05, 4.69) is 5.32 Å². The standard InChI is InChI=1S/C22H25N3O4/c1-14-13-29-21(16-6-4-3-5-7-16)15(2)24(14)22(26)17-8-11-19(23-18-9-10-18)20(12-17)25(27)28/h3-8,11-12,14-15,18,21,23H,9-10,13H2,1-2H3/t14-,15-,21-/m1/s1. The van der Waals surface area contributed by atoms with E-state index >= 15 is 0 Å². The maximum absolute atomic E-state index is 13.3. The number of nitrogens with zero attached hydrogens (tertiary/aromatic N) is 2. The second-order valence-electron chi connectivity index (χ2n) is 7.87. The Labute approximate surface area is 169 Å². The van der Waals surface area contributed by atoms with E-state index in [0.29, 0.717) is 23.9 Å². The van der Waals surface area contributed by atoms with Gasteiger partial charge in [-0.25, -0.2) is 0 Å². The van der Waals surface area contributed by atoms with Crippen molar-refractivity contribution in [3.05, 3.63) is 69.8 Å². The van der Waals surface area contributed by atoms with Crippen LogP contribution in [0.25, 0.3) is 0 Å². The summed E-state index contributed by atoms with van der Waals surface area (Å²) in [5.74, 6) is -0.213. The minimum absolute atomic E-state index is 0.0593. The molecule has 1 aliphatic carbocycles. The number of morpholine rings is 1. The minimum Gasteiger partial charge on any atom is -0.377 e. The van der Waals surface area contributed by atoms with Crippen LogP contribution < -0.4 is 5.32 Å². The number of rotatable bonds is 5. The topological polar surface area (TPSA) is 84.7 Å². The minimum atomic E-state index is -0.430. The number of nitro benzene ring substituents is 1. The van der Waals surface area contributed by atoms with E-state index in [1.54, 1.807) is 17.0 Å². The van der Waals surface area contributed by atoms with Gasteiger partial charge in [0.25, 0.3) is 11.6 Å². The van der Waals surface area contributed by atoms with Crippen LogP contribution in [0, 0.1) is 10.1 Å². The summed E-state index contributed by atoms with van der Waals surface area (Å²) >= 11 is 0. The molecule has 1 saturated heterocycles. The van der Waals surface area contributed by atoms with Gasteiger partial charge < -0.3 is 15.0 Å². The molecular weight excluding hydrogens is 370 g/mol. The van der Waals surface area contributed by atoms with Crippen LogP contribution in [0.15, 0.2) is 48.5 Å². The molecule has 1 aliphatic heterocycles. The number of carbonyl (C=O) groups excluding carboxylic acids is 1. The lowest BCUT2D eigenvalue weighted by atomic mass is 9.97. The molecule has 29 heavy (non-hydrogen) atoms. The van der Waals surface area contributed by atoms with E-state index < -0.39 is 4.92 Å². The zero-order valence-electron chi connectivity index (χ0n) is 16.6. The first-order chi connectivity index (χ1) is 14.0. The summed E-state index contributed by atoms with van der Waals surface area (Å²) < 4.78 is 6.02. The third-order valence-electron chi connectivity index (χ3n) is 5.61. The van der Waals surface area contributed by atoms with Crippen molar-refractivity contribution in [1.29, 1.82) is 0 Å². The predicted octanol–water partition coefficient (Wildman–Crippen LogP) is 4.16. The first kappa shape index (κ1) is 19.4. The van der Waals surface area contributed by atoms with Crippen molar-refractivity contribution in [2.45, 2.75) is 50.9 Å². The molecule has 2 aliphatic rings. The monoisotopic (exact) mass is 395 g/mol. The van der Waals surface area contributed by atoms with Crippen LogP contribution >= 0.6 is 0 Å². The molecule has 3 atom stereocenters. The zero-order chi connectivity index (χ0) is 20.5. The summed E-state index contributed by atoms with van der Waals surface area (Å²) in [6.07, 6.45) is 1.80. The normalized spacial score (nSPS) is 24.2. The molecule has 1 amide bonds. The predicted molar refractivity (Wildman–Crippen MR) is 110 cm³/mol. The van der Waals surface area contributed by atoms with Gasteiger partial charge in [0.05, 0.1) is 23.6 Å². The van der Waals surface area contributed by atoms with E-state index in [-0.39, 0.29) is 29.8 Å². The van der Waals surface area contributed by atoms with Gasteiger partial charge in [-0.15, -0.1) is 0 Å². The average Bonchev–Trinajstić information content (AvgIpc) is 3.53. The highest BCUT2D eigenvalue weighted by Crippen LogP contribution is 2.34. The molecule has 2 aromatic carbocycles. The summed E-state index contributed by atoms with van der Waals surface area (Å²) in [6, 6.07) is 14.5. The van der Waals surface area contributed by atoms with E-state index in [0.717, 1.165) is 18.4 Å². The van der Waals surface area contributed by atoms with Gasteiger partial charge in [-0.05, 0) is 44.4 Å². The number of benzene rings is 2. The smallest absolute Gasteiger partial charge is 0.293 e. The zero-order valence-corrected chi connectivity index (χ0v) is 16.6. The van der Waals surface area contributed by atoms with Crippen molar-refractivity contribution in [3.63, 3.8) is 0 Å². The average molecular weight is 395 g/mol. The molecule has 2 fully saturated rings. The molecule has 1 heterocycles. The number of nitro groups is 1. The van der Waals surface area contributed by atoms with Crippen LogP contribution in [0.1, 0.15) is 48.7 Å². The van der Waals surface area contributed by atoms with Crippen molar-refractivity contribution in [3.8, 4) is 0 Å². The Bertz CT molecular complexity index is 914. The van der Waals surface area contributed by atoms with Crippen molar-refractivity contribution >= 4 is 17.3 Å². The van der Waals surface area contributed by atoms with Gasteiger partial charge in [0, 0.05) is 17.7 Å². The number of hydrogen-bond donors (Lipinski definition) is 1. The molecule has 4 rings (SSSR count). The highest BCUT2D eigenvalue weighted by molar-refractivity contribution is 5.96. The van der Waals surface area contributed by atoms with Gasteiger partial charge in [0.1, 0.15) is 11.8 Å². The molecule has 1 N–H and O–H groups in total. The van der Waals surface area contributed by atoms with Gasteiger partial charge >= 0.3 is 0 Å². The first-order valence-corrected chi connectivity index (χ1v) is 10.00. The summed E-state index contributed by atoms with van der Waals surface area (Å²) in [6.45, 7) is 4.31. The Morgan fingerprint density at radius 3 is 2.55 bits per heavy atom. The Morgan fingerprint density at radius 2 is 1.90 bits per heavy atom. The Balaban J connectivity index is 1.61. The quantitative estimate of drug-likeness (QED) is 0.607. The lowest BCUT2D eigenvalue weighted by Gasteiger charge is -2.43. The van der Waals surface area contributed by atoms with Crippen LogP contribution in [0.3, 0.4) is 0 Å². The van der Waals surface area contributed by atoms with Crippen molar-refractivity contribution in [2.75, 3.05) is 11.9 Å². The molecule has 0 radical (unpaired) electrons. The molecule has 1 saturated carbocycles. The van der Waals surface area contributed by atoms with E-state index in [9.17, 15) is 14.9 Å². The molecule has 152 valence electrons. The van der Waals surface area contributed by atoms with Crippen molar-refractivity contribution in [2.24, 2.45) is 0 Å². The summed E-state index contributed by atoms with van der Waals surface area (Å²) in [5.41, 5.74) is 1.75. The molecule has 7 heteroatoms. The Hall–Kier alpha value is -2.93. The maximum atomic E-state index is 13.3. The van der Waals surface area contributed by atoms with Gasteiger partial charge in [-0.1, -0.05) is 30.3 Å². The number of ether oxygens (including phenoxy) is 1. The Kier molecular flexibility index (Phi) is 5.24. The van der Waals surface area contributed by atoms with E-state index in [1.807, 2.05) is 44.2 Å². The van der Waals surface area contributed by atoms with Gasteiger partial charge in [-0.2, -0.15) is 0 Å². The molecule has 0 spiro atoms. The van der Waals surface area contributed by atoms with E-state index in [1.165, 1.54) is 6.07 Å². The highest BCUT2D eigenvalue weighted by atomic mass is 16.6. The second kappa shape index (κ2) is 7.83. The van der Waals surface area contributed by atoms with Crippen LogP contribution in [0.2, 0.25) is 0 Å². The molecule has 0 unspecified atom stereocenters. The number of nitrogens with one attached hydrogen (secondary N) is 1. The number of carbonyl (C=O) groups is 1. The number of anilines is 1. The summed E-state index contributed by atoms with van der Waals surface area (Å²) in [4.78, 5) is 26.3. The third-order valence-corrected chi connectivity index (χ3v) is 5.61. The number of amides is 1. The molecule has 2 aromatic rings. The first-order valence-electron chi connectivity index (χ1n) is 10.00. The van der Waals surface area contributed by atoms with Crippen molar-refractivity contribution in [1.82, 2.24) is 4.90 Å². The van der Waals surface area contributed by atoms with Crippen LogP contribution in [-0.2, 0) is 4.74 Å². The highest BCUT2D eigenvalue weighted by Gasteiger charge is 2.38. The van der Waals surface area contributed by atoms with Crippen LogP contribution in [0.4, 0.5) is 11.4 Å². The lowest BCUT2D eigenvalue weighted by molar-refractivity contribution is -0.384.